The molecule has 0 bridgehead atoms. The Bertz CT molecular complexity index is 1530. The van der Waals surface area contributed by atoms with E-state index in [-0.39, 0.29) is 0 Å². The Labute approximate surface area is 193 Å². The zero-order chi connectivity index (χ0) is 23.3. The molecule has 0 aliphatic carbocycles. The summed E-state index contributed by atoms with van der Waals surface area (Å²) < 4.78 is 4.62. The second-order valence-electron chi connectivity index (χ2n) is 7.80. The molecule has 0 spiro atoms. The molecule has 4 heterocycles. The highest BCUT2D eigenvalue weighted by Gasteiger charge is 2.18. The predicted octanol–water partition coefficient (Wildman–Crippen LogP) is 5.07. The third-order valence-electron chi connectivity index (χ3n) is 5.43. The quantitative estimate of drug-likeness (QED) is 0.387. The number of carboxylic acid groups (broad SMARTS) is 1. The number of carbonyl (C=O) groups is 1. The van der Waals surface area contributed by atoms with Crippen LogP contribution in [0, 0.1) is 6.92 Å². The first-order chi connectivity index (χ1) is 15.8. The van der Waals surface area contributed by atoms with Crippen molar-refractivity contribution in [3.63, 3.8) is 0 Å². The summed E-state index contributed by atoms with van der Waals surface area (Å²) in [7, 11) is 3.66. The van der Waals surface area contributed by atoms with E-state index in [1.54, 1.807) is 47.1 Å². The van der Waals surface area contributed by atoms with E-state index in [1.165, 1.54) is 4.57 Å². The highest BCUT2D eigenvalue weighted by molar-refractivity contribution is 6.33. The van der Waals surface area contributed by atoms with Crippen LogP contribution in [0.5, 0.6) is 0 Å². The van der Waals surface area contributed by atoms with Crippen LogP contribution in [0.15, 0.2) is 55.1 Å². The molecule has 0 fully saturated rings. The summed E-state index contributed by atoms with van der Waals surface area (Å²) in [5.41, 5.74) is 5.29. The van der Waals surface area contributed by atoms with Gasteiger partial charge in [-0.15, -0.1) is 0 Å². The minimum absolute atomic E-state index is 0.480. The van der Waals surface area contributed by atoms with E-state index in [1.807, 2.05) is 38.4 Å². The van der Waals surface area contributed by atoms with Crippen LogP contribution in [0.4, 0.5) is 16.3 Å². The van der Waals surface area contributed by atoms with E-state index >= 15 is 0 Å². The van der Waals surface area contributed by atoms with Crippen molar-refractivity contribution >= 4 is 40.1 Å². The molecule has 0 saturated heterocycles. The minimum Gasteiger partial charge on any atom is -0.464 e. The first kappa shape index (κ1) is 20.8. The van der Waals surface area contributed by atoms with Gasteiger partial charge in [0.1, 0.15) is 5.82 Å². The molecule has 0 aliphatic rings. The Morgan fingerprint density at radius 2 is 1.88 bits per heavy atom. The second-order valence-corrected chi connectivity index (χ2v) is 8.21. The van der Waals surface area contributed by atoms with Gasteiger partial charge in [-0.05, 0) is 30.7 Å². The number of fused-ring (bicyclic) bond motifs is 1. The average Bonchev–Trinajstić information content (AvgIpc) is 3.45. The molecule has 0 unspecified atom stereocenters. The van der Waals surface area contributed by atoms with Crippen LogP contribution < -0.4 is 5.32 Å². The summed E-state index contributed by atoms with van der Waals surface area (Å²) in [5.74, 6) is 0.480. The number of aryl methyl sites for hydroxylation is 3. The molecule has 0 radical (unpaired) electrons. The summed E-state index contributed by atoms with van der Waals surface area (Å²) in [5, 5.41) is 22.8. The van der Waals surface area contributed by atoms with Crippen LogP contribution in [0.1, 0.15) is 5.69 Å². The zero-order valence-corrected chi connectivity index (χ0v) is 18.9. The highest BCUT2D eigenvalue weighted by Crippen LogP contribution is 2.33. The molecule has 4 aromatic heterocycles. The fourth-order valence-corrected chi connectivity index (χ4v) is 4.17. The number of hydrogen-bond donors (Lipinski definition) is 2. The molecule has 0 amide bonds. The second kappa shape index (κ2) is 7.79. The number of anilines is 2. The zero-order valence-electron chi connectivity index (χ0n) is 18.1. The third kappa shape index (κ3) is 3.72. The Balaban J connectivity index is 1.51. The monoisotopic (exact) mass is 461 g/mol. The molecule has 1 aromatic carbocycles. The largest absolute Gasteiger partial charge is 0.464 e. The van der Waals surface area contributed by atoms with Gasteiger partial charge >= 0.3 is 6.09 Å². The first-order valence-corrected chi connectivity index (χ1v) is 10.5. The summed E-state index contributed by atoms with van der Waals surface area (Å²) in [6.07, 6.45) is 5.90. The van der Waals surface area contributed by atoms with E-state index in [0.717, 1.165) is 16.8 Å². The SMILES string of the molecule is Cc1nn(C)cc1-c1ccc(Nc2cc3c(cn2)cc(-c2cnn(C)c2)n3C(=O)O)c(Cl)c1. The van der Waals surface area contributed by atoms with E-state index in [2.05, 4.69) is 20.5 Å². The van der Waals surface area contributed by atoms with Gasteiger partial charge in [0.15, 0.2) is 0 Å². The van der Waals surface area contributed by atoms with Crippen LogP contribution in [0.2, 0.25) is 5.02 Å². The Morgan fingerprint density at radius 1 is 1.06 bits per heavy atom. The van der Waals surface area contributed by atoms with Gasteiger partial charge in [-0.3, -0.25) is 9.36 Å². The van der Waals surface area contributed by atoms with Crippen molar-refractivity contribution in [3.8, 4) is 22.4 Å². The maximum atomic E-state index is 12.1. The fourth-order valence-electron chi connectivity index (χ4n) is 3.95. The Kier molecular flexibility index (Phi) is 4.90. The smallest absolute Gasteiger partial charge is 0.416 e. The van der Waals surface area contributed by atoms with E-state index in [0.29, 0.717) is 38.7 Å². The van der Waals surface area contributed by atoms with Crippen LogP contribution in [0.3, 0.4) is 0 Å². The number of benzene rings is 1. The van der Waals surface area contributed by atoms with Gasteiger partial charge in [-0.1, -0.05) is 17.7 Å². The van der Waals surface area contributed by atoms with Crippen LogP contribution >= 0.6 is 11.6 Å². The Hall–Kier alpha value is -4.11. The van der Waals surface area contributed by atoms with Crippen LogP contribution in [-0.2, 0) is 14.1 Å². The van der Waals surface area contributed by atoms with E-state index < -0.39 is 6.09 Å². The van der Waals surface area contributed by atoms with Crippen LogP contribution in [-0.4, -0.2) is 40.3 Å². The number of nitrogens with one attached hydrogen (secondary N) is 1. The van der Waals surface area contributed by atoms with Gasteiger partial charge in [0.25, 0.3) is 0 Å². The van der Waals surface area contributed by atoms with Crippen molar-refractivity contribution in [2.45, 2.75) is 6.92 Å². The van der Waals surface area contributed by atoms with Gasteiger partial charge in [0.05, 0.1) is 33.8 Å². The lowest BCUT2D eigenvalue weighted by atomic mass is 10.1. The molecular weight excluding hydrogens is 442 g/mol. The minimum atomic E-state index is -1.09. The van der Waals surface area contributed by atoms with Gasteiger partial charge in [0, 0.05) is 55.3 Å². The predicted molar refractivity (Wildman–Crippen MR) is 127 cm³/mol. The number of hydrogen-bond acceptors (Lipinski definition) is 5. The lowest BCUT2D eigenvalue weighted by molar-refractivity contribution is 0.198. The molecule has 10 heteroatoms. The number of nitrogens with zero attached hydrogens (tertiary/aromatic N) is 6. The number of halogens is 1. The van der Waals surface area contributed by atoms with Crippen molar-refractivity contribution in [2.75, 3.05) is 5.32 Å². The highest BCUT2D eigenvalue weighted by atomic mass is 35.5. The average molecular weight is 462 g/mol. The summed E-state index contributed by atoms with van der Waals surface area (Å²) >= 11 is 6.55. The Morgan fingerprint density at radius 3 is 2.52 bits per heavy atom. The normalized spacial score (nSPS) is 11.3. The molecule has 9 nitrogen and oxygen atoms in total. The lowest BCUT2D eigenvalue weighted by Gasteiger charge is -2.10. The van der Waals surface area contributed by atoms with Crippen molar-refractivity contribution in [2.24, 2.45) is 14.1 Å². The molecule has 0 atom stereocenters. The summed E-state index contributed by atoms with van der Waals surface area (Å²) in [6, 6.07) is 9.17. The van der Waals surface area contributed by atoms with E-state index in [9.17, 15) is 9.90 Å². The number of pyridine rings is 1. The standard InChI is InChI=1S/C23H20ClN7O2/c1-13-17(12-30(3)28-13)14-4-5-19(18(24)6-14)27-22-8-21-15(9-25-22)7-20(31(21)23(32)33)16-10-26-29(2)11-16/h4-12H,1-3H3,(H,25,27)(H,32,33). The topological polar surface area (TPSA) is 103 Å². The molecular formula is C23H20ClN7O2. The number of rotatable bonds is 4. The molecule has 0 aliphatic heterocycles. The van der Waals surface area contributed by atoms with Crippen molar-refractivity contribution in [1.82, 2.24) is 29.1 Å². The maximum absolute atomic E-state index is 12.1. The third-order valence-corrected chi connectivity index (χ3v) is 5.75. The molecule has 166 valence electrons. The number of aromatic nitrogens is 6. The van der Waals surface area contributed by atoms with Gasteiger partial charge in [0.2, 0.25) is 0 Å². The van der Waals surface area contributed by atoms with E-state index in [4.69, 9.17) is 11.6 Å². The molecule has 33 heavy (non-hydrogen) atoms. The van der Waals surface area contributed by atoms with Crippen molar-refractivity contribution in [1.29, 1.82) is 0 Å². The molecule has 5 aromatic rings. The molecule has 5 rings (SSSR count). The summed E-state index contributed by atoms with van der Waals surface area (Å²) in [6.45, 7) is 1.95. The maximum Gasteiger partial charge on any atom is 0.416 e. The van der Waals surface area contributed by atoms with Gasteiger partial charge < -0.3 is 10.4 Å². The first-order valence-electron chi connectivity index (χ1n) is 10.1. The van der Waals surface area contributed by atoms with Gasteiger partial charge in [-0.25, -0.2) is 14.3 Å². The molecule has 0 saturated carbocycles. The van der Waals surface area contributed by atoms with Crippen LogP contribution in [0.25, 0.3) is 33.3 Å². The van der Waals surface area contributed by atoms with Crippen molar-refractivity contribution in [3.05, 3.63) is 65.8 Å². The van der Waals surface area contributed by atoms with Gasteiger partial charge in [-0.2, -0.15) is 10.2 Å². The lowest BCUT2D eigenvalue weighted by Crippen LogP contribution is -2.09. The van der Waals surface area contributed by atoms with Crippen molar-refractivity contribution < 1.29 is 9.90 Å². The summed E-state index contributed by atoms with van der Waals surface area (Å²) in [4.78, 5) is 16.5. The fraction of sp³-hybridized carbons (Fsp3) is 0.130. The molecule has 2 N–H and O–H groups in total.